The van der Waals surface area contributed by atoms with Crippen LogP contribution in [0.2, 0.25) is 0 Å². The molecule has 1 unspecified atom stereocenters. The lowest BCUT2D eigenvalue weighted by Gasteiger charge is -2.19. The van der Waals surface area contributed by atoms with Crippen LogP contribution < -0.4 is 15.4 Å². The number of amides is 1. The highest BCUT2D eigenvalue weighted by Gasteiger charge is 2.17. The summed E-state index contributed by atoms with van der Waals surface area (Å²) < 4.78 is 6.68. The lowest BCUT2D eigenvalue weighted by atomic mass is 10.2. The van der Waals surface area contributed by atoms with Crippen LogP contribution in [0.3, 0.4) is 0 Å². The Morgan fingerprint density at radius 2 is 2.05 bits per heavy atom. The van der Waals surface area contributed by atoms with Crippen LogP contribution >= 0.6 is 15.9 Å². The molecule has 112 valence electrons. The van der Waals surface area contributed by atoms with Crippen LogP contribution in [0.4, 0.5) is 0 Å². The molecule has 0 saturated heterocycles. The summed E-state index contributed by atoms with van der Waals surface area (Å²) in [5.41, 5.74) is 1.02. The molecule has 0 heterocycles. The number of rotatable bonds is 7. The van der Waals surface area contributed by atoms with Gasteiger partial charge in [0.1, 0.15) is 5.75 Å². The fraction of sp³-hybridized carbons (Fsp3) is 0.533. The molecule has 2 N–H and O–H groups in total. The molecule has 1 aromatic rings. The van der Waals surface area contributed by atoms with Gasteiger partial charge in [0, 0.05) is 18.7 Å². The van der Waals surface area contributed by atoms with Crippen molar-refractivity contribution < 1.29 is 9.53 Å². The van der Waals surface area contributed by atoms with Crippen molar-refractivity contribution in [3.8, 4) is 5.75 Å². The maximum atomic E-state index is 12.0. The summed E-state index contributed by atoms with van der Waals surface area (Å²) in [6.07, 6.45) is -0.525. The first kappa shape index (κ1) is 17.0. The lowest BCUT2D eigenvalue weighted by Crippen LogP contribution is -2.38. The largest absolute Gasteiger partial charge is 0.479 e. The SMILES string of the molecule is CNCc1cccc(Br)c1OC(C)C(=O)NCC(C)C. The monoisotopic (exact) mass is 342 g/mol. The molecule has 1 atom stereocenters. The van der Waals surface area contributed by atoms with E-state index < -0.39 is 6.10 Å². The lowest BCUT2D eigenvalue weighted by molar-refractivity contribution is -0.127. The van der Waals surface area contributed by atoms with E-state index in [1.807, 2.05) is 25.2 Å². The van der Waals surface area contributed by atoms with Crippen LogP contribution in [-0.4, -0.2) is 25.6 Å². The Morgan fingerprint density at radius 3 is 2.65 bits per heavy atom. The Kier molecular flexibility index (Phi) is 7.02. The summed E-state index contributed by atoms with van der Waals surface area (Å²) in [5.74, 6) is 1.05. The molecular weight excluding hydrogens is 320 g/mol. The maximum absolute atomic E-state index is 12.0. The normalized spacial score (nSPS) is 12.3. The minimum Gasteiger partial charge on any atom is -0.479 e. The number of carbonyl (C=O) groups is 1. The molecule has 4 nitrogen and oxygen atoms in total. The van der Waals surface area contributed by atoms with E-state index >= 15 is 0 Å². The average Bonchev–Trinajstić information content (AvgIpc) is 2.40. The quantitative estimate of drug-likeness (QED) is 0.800. The molecule has 0 aliphatic rings. The minimum atomic E-state index is -0.525. The van der Waals surface area contributed by atoms with E-state index in [1.54, 1.807) is 6.92 Å². The van der Waals surface area contributed by atoms with Gasteiger partial charge < -0.3 is 15.4 Å². The summed E-state index contributed by atoms with van der Waals surface area (Å²) in [5, 5.41) is 5.97. The number of carbonyl (C=O) groups excluding carboxylic acids is 1. The smallest absolute Gasteiger partial charge is 0.260 e. The van der Waals surface area contributed by atoms with Gasteiger partial charge in [0.05, 0.1) is 4.47 Å². The highest BCUT2D eigenvalue weighted by molar-refractivity contribution is 9.10. The van der Waals surface area contributed by atoms with Gasteiger partial charge in [0.2, 0.25) is 0 Å². The predicted molar refractivity (Wildman–Crippen MR) is 84.8 cm³/mol. The van der Waals surface area contributed by atoms with Gasteiger partial charge in [-0.25, -0.2) is 0 Å². The van der Waals surface area contributed by atoms with Crippen molar-refractivity contribution in [3.05, 3.63) is 28.2 Å². The molecule has 1 amide bonds. The highest BCUT2D eigenvalue weighted by atomic mass is 79.9. The highest BCUT2D eigenvalue weighted by Crippen LogP contribution is 2.30. The Bertz CT molecular complexity index is 449. The molecule has 0 aromatic heterocycles. The van der Waals surface area contributed by atoms with Gasteiger partial charge in [0.25, 0.3) is 5.91 Å². The molecule has 0 saturated carbocycles. The number of benzene rings is 1. The number of hydrogen-bond acceptors (Lipinski definition) is 3. The zero-order valence-electron chi connectivity index (χ0n) is 12.5. The van der Waals surface area contributed by atoms with Gasteiger partial charge in [-0.15, -0.1) is 0 Å². The fourth-order valence-electron chi connectivity index (χ4n) is 1.69. The third-order valence-corrected chi connectivity index (χ3v) is 3.39. The summed E-state index contributed by atoms with van der Waals surface area (Å²) in [7, 11) is 1.88. The third kappa shape index (κ3) is 5.13. The molecule has 0 aliphatic heterocycles. The first-order valence-corrected chi connectivity index (χ1v) is 7.61. The van der Waals surface area contributed by atoms with E-state index in [1.165, 1.54) is 0 Å². The molecular formula is C15H23BrN2O2. The molecule has 0 radical (unpaired) electrons. The number of ether oxygens (including phenoxy) is 1. The van der Waals surface area contributed by atoms with Crippen LogP contribution in [0.5, 0.6) is 5.75 Å². The van der Waals surface area contributed by atoms with Gasteiger partial charge in [-0.05, 0) is 41.9 Å². The minimum absolute atomic E-state index is 0.0927. The van der Waals surface area contributed by atoms with Crippen molar-refractivity contribution in [1.82, 2.24) is 10.6 Å². The van der Waals surface area contributed by atoms with Gasteiger partial charge in [-0.2, -0.15) is 0 Å². The second-order valence-electron chi connectivity index (χ2n) is 5.16. The molecule has 0 bridgehead atoms. The van der Waals surface area contributed by atoms with E-state index in [2.05, 4.69) is 40.4 Å². The van der Waals surface area contributed by atoms with Gasteiger partial charge in [0.15, 0.2) is 6.10 Å². The fourth-order valence-corrected chi connectivity index (χ4v) is 2.19. The van der Waals surface area contributed by atoms with E-state index in [4.69, 9.17) is 4.74 Å². The molecule has 0 aliphatic carbocycles. The van der Waals surface area contributed by atoms with Crippen molar-refractivity contribution in [3.63, 3.8) is 0 Å². The maximum Gasteiger partial charge on any atom is 0.260 e. The van der Waals surface area contributed by atoms with Crippen LogP contribution in [0, 0.1) is 5.92 Å². The summed E-state index contributed by atoms with van der Waals surface area (Å²) in [6, 6.07) is 5.84. The molecule has 5 heteroatoms. The van der Waals surface area contributed by atoms with Crippen LogP contribution in [-0.2, 0) is 11.3 Å². The Labute approximate surface area is 129 Å². The van der Waals surface area contributed by atoms with Gasteiger partial charge in [-0.3, -0.25) is 4.79 Å². The summed E-state index contributed by atoms with van der Waals surface area (Å²) >= 11 is 3.47. The standard InChI is InChI=1S/C15H23BrN2O2/c1-10(2)8-18-15(19)11(3)20-14-12(9-17-4)6-5-7-13(14)16/h5-7,10-11,17H,8-9H2,1-4H3,(H,18,19). The number of para-hydroxylation sites is 1. The van der Waals surface area contributed by atoms with Crippen molar-refractivity contribution in [2.24, 2.45) is 5.92 Å². The molecule has 20 heavy (non-hydrogen) atoms. The van der Waals surface area contributed by atoms with E-state index in [0.717, 1.165) is 10.0 Å². The van der Waals surface area contributed by atoms with Gasteiger partial charge >= 0.3 is 0 Å². The molecule has 0 spiro atoms. The molecule has 1 rings (SSSR count). The van der Waals surface area contributed by atoms with Crippen LogP contribution in [0.1, 0.15) is 26.3 Å². The Morgan fingerprint density at radius 1 is 1.35 bits per heavy atom. The van der Waals surface area contributed by atoms with Crippen LogP contribution in [0.25, 0.3) is 0 Å². The zero-order chi connectivity index (χ0) is 15.1. The number of nitrogens with one attached hydrogen (secondary N) is 2. The zero-order valence-corrected chi connectivity index (χ0v) is 14.1. The second-order valence-corrected chi connectivity index (χ2v) is 6.01. The third-order valence-electron chi connectivity index (χ3n) is 2.76. The Hall–Kier alpha value is -1.07. The van der Waals surface area contributed by atoms with E-state index in [9.17, 15) is 4.79 Å². The first-order valence-electron chi connectivity index (χ1n) is 6.82. The summed E-state index contributed by atoms with van der Waals surface area (Å²) in [6.45, 7) is 7.23. The van der Waals surface area contributed by atoms with Crippen LogP contribution in [0.15, 0.2) is 22.7 Å². The first-order chi connectivity index (χ1) is 9.45. The summed E-state index contributed by atoms with van der Waals surface area (Å²) in [4.78, 5) is 12.0. The second kappa shape index (κ2) is 8.27. The predicted octanol–water partition coefficient (Wildman–Crippen LogP) is 2.71. The number of hydrogen-bond donors (Lipinski definition) is 2. The van der Waals surface area contributed by atoms with Gasteiger partial charge in [-0.1, -0.05) is 26.0 Å². The van der Waals surface area contributed by atoms with E-state index in [-0.39, 0.29) is 5.91 Å². The average molecular weight is 343 g/mol. The van der Waals surface area contributed by atoms with Crippen molar-refractivity contribution in [2.75, 3.05) is 13.6 Å². The van der Waals surface area contributed by atoms with Crippen molar-refractivity contribution in [2.45, 2.75) is 33.4 Å². The number of halogens is 1. The molecule has 1 aromatic carbocycles. The van der Waals surface area contributed by atoms with E-state index in [0.29, 0.717) is 24.8 Å². The molecule has 0 fully saturated rings. The topological polar surface area (TPSA) is 50.4 Å². The van der Waals surface area contributed by atoms with Crippen molar-refractivity contribution in [1.29, 1.82) is 0 Å². The van der Waals surface area contributed by atoms with Crippen molar-refractivity contribution >= 4 is 21.8 Å². The Balaban J connectivity index is 2.74.